The van der Waals surface area contributed by atoms with Gasteiger partial charge in [0.25, 0.3) is 0 Å². The van der Waals surface area contributed by atoms with Crippen molar-refractivity contribution in [2.75, 3.05) is 0 Å². The molecule has 2 unspecified atom stereocenters. The minimum Gasteiger partial charge on any atom is -0.326 e. The molecule has 1 aliphatic carbocycles. The predicted molar refractivity (Wildman–Crippen MR) is 72.4 cm³/mol. The summed E-state index contributed by atoms with van der Waals surface area (Å²) in [5, 5.41) is 0. The third kappa shape index (κ3) is 3.20. The standard InChI is InChI=1S/C13H18N2O3S/c1-9(16)10-4-2-5-11(8-10)19(17,18)15-13-7-3-6-12(13)14/h2,4-5,8,12-13,15H,3,6-7,14H2,1H3. The lowest BCUT2D eigenvalue weighted by atomic mass is 10.2. The second-order valence-corrected chi connectivity index (χ2v) is 6.62. The highest BCUT2D eigenvalue weighted by Gasteiger charge is 2.28. The number of nitrogens with one attached hydrogen (secondary N) is 1. The van der Waals surface area contributed by atoms with Gasteiger partial charge < -0.3 is 5.73 Å². The molecule has 104 valence electrons. The number of rotatable bonds is 4. The second kappa shape index (κ2) is 5.40. The van der Waals surface area contributed by atoms with E-state index < -0.39 is 10.0 Å². The topological polar surface area (TPSA) is 89.3 Å². The van der Waals surface area contributed by atoms with Crippen molar-refractivity contribution in [1.29, 1.82) is 0 Å². The average molecular weight is 282 g/mol. The number of sulfonamides is 1. The van der Waals surface area contributed by atoms with E-state index in [2.05, 4.69) is 4.72 Å². The van der Waals surface area contributed by atoms with Gasteiger partial charge in [-0.15, -0.1) is 0 Å². The Morgan fingerprint density at radius 3 is 2.68 bits per heavy atom. The number of Topliss-reactive ketones (excluding diaryl/α,β-unsaturated/α-hetero) is 1. The molecule has 2 rings (SSSR count). The van der Waals surface area contributed by atoms with Crippen LogP contribution in [0.15, 0.2) is 29.2 Å². The average Bonchev–Trinajstić information content (AvgIpc) is 2.74. The van der Waals surface area contributed by atoms with Gasteiger partial charge >= 0.3 is 0 Å². The van der Waals surface area contributed by atoms with E-state index >= 15 is 0 Å². The van der Waals surface area contributed by atoms with Crippen molar-refractivity contribution in [2.45, 2.75) is 43.2 Å². The largest absolute Gasteiger partial charge is 0.326 e. The Morgan fingerprint density at radius 2 is 2.11 bits per heavy atom. The molecule has 6 heteroatoms. The first-order chi connectivity index (χ1) is 8.90. The highest BCUT2D eigenvalue weighted by Crippen LogP contribution is 2.20. The maximum atomic E-state index is 12.2. The molecule has 5 nitrogen and oxygen atoms in total. The van der Waals surface area contributed by atoms with E-state index in [1.165, 1.54) is 19.1 Å². The van der Waals surface area contributed by atoms with Crippen molar-refractivity contribution in [3.63, 3.8) is 0 Å². The van der Waals surface area contributed by atoms with Crippen LogP contribution in [0.1, 0.15) is 36.5 Å². The van der Waals surface area contributed by atoms with Gasteiger partial charge in [0, 0.05) is 17.6 Å². The van der Waals surface area contributed by atoms with Gasteiger partial charge in [-0.3, -0.25) is 4.79 Å². The highest BCUT2D eigenvalue weighted by atomic mass is 32.2. The Bertz CT molecular complexity index is 583. The van der Waals surface area contributed by atoms with Gasteiger partial charge in [0.15, 0.2) is 5.78 Å². The van der Waals surface area contributed by atoms with Crippen molar-refractivity contribution >= 4 is 15.8 Å². The third-order valence-electron chi connectivity index (χ3n) is 3.43. The van der Waals surface area contributed by atoms with E-state index in [1.807, 2.05) is 0 Å². The number of hydrogen-bond acceptors (Lipinski definition) is 4. The molecule has 2 atom stereocenters. The maximum Gasteiger partial charge on any atom is 0.240 e. The molecule has 0 bridgehead atoms. The fourth-order valence-corrected chi connectivity index (χ4v) is 3.65. The normalized spacial score (nSPS) is 23.5. The van der Waals surface area contributed by atoms with Crippen LogP contribution < -0.4 is 10.5 Å². The van der Waals surface area contributed by atoms with Crippen molar-refractivity contribution in [3.8, 4) is 0 Å². The lowest BCUT2D eigenvalue weighted by Crippen LogP contribution is -2.43. The molecule has 0 aromatic heterocycles. The molecule has 1 saturated carbocycles. The third-order valence-corrected chi connectivity index (χ3v) is 4.91. The van der Waals surface area contributed by atoms with Gasteiger partial charge in [0.1, 0.15) is 0 Å². The fourth-order valence-electron chi connectivity index (χ4n) is 2.28. The molecule has 0 radical (unpaired) electrons. The number of nitrogens with two attached hydrogens (primary N) is 1. The van der Waals surface area contributed by atoms with Gasteiger partial charge in [-0.25, -0.2) is 13.1 Å². The van der Waals surface area contributed by atoms with Gasteiger partial charge in [-0.2, -0.15) is 0 Å². The molecule has 0 saturated heterocycles. The molecule has 1 aromatic rings. The minimum atomic E-state index is -3.61. The van der Waals surface area contributed by atoms with E-state index in [0.29, 0.717) is 5.56 Å². The van der Waals surface area contributed by atoms with Crippen LogP contribution in [0, 0.1) is 0 Å². The first-order valence-corrected chi connectivity index (χ1v) is 7.77. The molecule has 0 amide bonds. The quantitative estimate of drug-likeness (QED) is 0.808. The van der Waals surface area contributed by atoms with E-state index in [-0.39, 0.29) is 22.8 Å². The summed E-state index contributed by atoms with van der Waals surface area (Å²) in [5.74, 6) is -0.158. The first-order valence-electron chi connectivity index (χ1n) is 6.29. The van der Waals surface area contributed by atoms with Gasteiger partial charge in [-0.05, 0) is 31.9 Å². The molecular weight excluding hydrogens is 264 g/mol. The van der Waals surface area contributed by atoms with Crippen LogP contribution in [0.2, 0.25) is 0 Å². The van der Waals surface area contributed by atoms with E-state index in [9.17, 15) is 13.2 Å². The smallest absolute Gasteiger partial charge is 0.240 e. The maximum absolute atomic E-state index is 12.2. The highest BCUT2D eigenvalue weighted by molar-refractivity contribution is 7.89. The Morgan fingerprint density at radius 1 is 1.37 bits per heavy atom. The summed E-state index contributed by atoms with van der Waals surface area (Å²) in [6, 6.07) is 5.69. The lowest BCUT2D eigenvalue weighted by molar-refractivity contribution is 0.101. The van der Waals surface area contributed by atoms with Crippen LogP contribution in [-0.4, -0.2) is 26.3 Å². The lowest BCUT2D eigenvalue weighted by Gasteiger charge is -2.17. The van der Waals surface area contributed by atoms with Crippen LogP contribution in [0.5, 0.6) is 0 Å². The monoisotopic (exact) mass is 282 g/mol. The fraction of sp³-hybridized carbons (Fsp3) is 0.462. The van der Waals surface area contributed by atoms with Crippen LogP contribution in [-0.2, 0) is 10.0 Å². The Labute approximate surface area is 113 Å². The molecule has 0 heterocycles. The number of carbonyl (C=O) groups is 1. The van der Waals surface area contributed by atoms with Crippen LogP contribution >= 0.6 is 0 Å². The number of carbonyl (C=O) groups excluding carboxylic acids is 1. The summed E-state index contributed by atoms with van der Waals surface area (Å²) in [6.07, 6.45) is 2.52. The van der Waals surface area contributed by atoms with Crippen molar-refractivity contribution < 1.29 is 13.2 Å². The summed E-state index contributed by atoms with van der Waals surface area (Å²) in [7, 11) is -3.61. The zero-order chi connectivity index (χ0) is 14.0. The van der Waals surface area contributed by atoms with Crippen molar-refractivity contribution in [3.05, 3.63) is 29.8 Å². The molecule has 0 spiro atoms. The van der Waals surface area contributed by atoms with Crippen molar-refractivity contribution in [1.82, 2.24) is 4.72 Å². The van der Waals surface area contributed by atoms with E-state index in [4.69, 9.17) is 5.73 Å². The molecule has 19 heavy (non-hydrogen) atoms. The molecule has 1 aromatic carbocycles. The summed E-state index contributed by atoms with van der Waals surface area (Å²) < 4.78 is 27.1. The summed E-state index contributed by atoms with van der Waals surface area (Å²) in [4.78, 5) is 11.4. The van der Waals surface area contributed by atoms with Crippen LogP contribution in [0.4, 0.5) is 0 Å². The van der Waals surface area contributed by atoms with Gasteiger partial charge in [0.2, 0.25) is 10.0 Å². The summed E-state index contributed by atoms with van der Waals surface area (Å²) in [5.41, 5.74) is 6.25. The zero-order valence-electron chi connectivity index (χ0n) is 10.8. The minimum absolute atomic E-state index is 0.110. The number of benzene rings is 1. The first kappa shape index (κ1) is 14.2. The summed E-state index contributed by atoms with van der Waals surface area (Å²) >= 11 is 0. The molecule has 3 N–H and O–H groups in total. The van der Waals surface area contributed by atoms with Gasteiger partial charge in [-0.1, -0.05) is 18.6 Å². The molecule has 0 aliphatic heterocycles. The zero-order valence-corrected chi connectivity index (χ0v) is 11.6. The predicted octanol–water partition coefficient (Wildman–Crippen LogP) is 1.05. The Hall–Kier alpha value is -1.24. The number of hydrogen-bond donors (Lipinski definition) is 2. The van der Waals surface area contributed by atoms with Gasteiger partial charge in [0.05, 0.1) is 4.90 Å². The van der Waals surface area contributed by atoms with Crippen LogP contribution in [0.3, 0.4) is 0 Å². The Balaban J connectivity index is 2.24. The summed E-state index contributed by atoms with van der Waals surface area (Å²) in [6.45, 7) is 1.41. The van der Waals surface area contributed by atoms with E-state index in [1.54, 1.807) is 12.1 Å². The van der Waals surface area contributed by atoms with E-state index in [0.717, 1.165) is 19.3 Å². The SMILES string of the molecule is CC(=O)c1cccc(S(=O)(=O)NC2CCCC2N)c1. The number of ketones is 1. The van der Waals surface area contributed by atoms with Crippen LogP contribution in [0.25, 0.3) is 0 Å². The van der Waals surface area contributed by atoms with Crippen molar-refractivity contribution in [2.24, 2.45) is 5.73 Å². The molecule has 1 fully saturated rings. The molecule has 1 aliphatic rings. The second-order valence-electron chi connectivity index (χ2n) is 4.91. The molecular formula is C13H18N2O3S. The Kier molecular flexibility index (Phi) is 4.03.